The number of carbonyl (C=O) groups excluding carboxylic acids is 1. The Morgan fingerprint density at radius 3 is 2.84 bits per heavy atom. The second kappa shape index (κ2) is 5.22. The molecule has 1 fully saturated rings. The number of hydrogen-bond donors (Lipinski definition) is 2. The van der Waals surface area contributed by atoms with Crippen LogP contribution in [0.4, 0.5) is 0 Å². The number of aliphatic hydroxyl groups is 2. The van der Waals surface area contributed by atoms with Crippen molar-refractivity contribution in [2.24, 2.45) is 23.2 Å². The van der Waals surface area contributed by atoms with Crippen molar-refractivity contribution in [2.75, 3.05) is 6.61 Å². The minimum absolute atomic E-state index is 0.00652. The Labute approximate surface area is 115 Å². The van der Waals surface area contributed by atoms with Gasteiger partial charge in [0.1, 0.15) is 5.78 Å². The highest BCUT2D eigenvalue weighted by Crippen LogP contribution is 2.52. The minimum Gasteiger partial charge on any atom is -0.396 e. The Bertz CT molecular complexity index is 412. The molecule has 0 heterocycles. The van der Waals surface area contributed by atoms with Gasteiger partial charge < -0.3 is 10.2 Å². The van der Waals surface area contributed by atoms with Crippen LogP contribution < -0.4 is 0 Å². The van der Waals surface area contributed by atoms with Crippen LogP contribution in [0.1, 0.15) is 33.1 Å². The van der Waals surface area contributed by atoms with E-state index in [2.05, 4.69) is 19.6 Å². The monoisotopic (exact) mass is 264 g/mol. The van der Waals surface area contributed by atoms with Crippen LogP contribution in [0.5, 0.6) is 0 Å². The van der Waals surface area contributed by atoms with Gasteiger partial charge in [0.2, 0.25) is 0 Å². The summed E-state index contributed by atoms with van der Waals surface area (Å²) < 4.78 is 0. The van der Waals surface area contributed by atoms with E-state index in [9.17, 15) is 9.90 Å². The number of Topliss-reactive ketones (excluding diaryl/α,β-unsaturated/α-hetero) is 1. The van der Waals surface area contributed by atoms with Gasteiger partial charge in [0.05, 0.1) is 11.5 Å². The van der Waals surface area contributed by atoms with Crippen molar-refractivity contribution in [2.45, 2.75) is 39.2 Å². The van der Waals surface area contributed by atoms with Gasteiger partial charge >= 0.3 is 0 Å². The second-order valence-corrected chi connectivity index (χ2v) is 6.32. The molecule has 0 aromatic carbocycles. The van der Waals surface area contributed by atoms with Gasteiger partial charge in [0.25, 0.3) is 0 Å². The zero-order chi connectivity index (χ0) is 14.2. The first kappa shape index (κ1) is 14.5. The largest absolute Gasteiger partial charge is 0.396 e. The molecule has 3 nitrogen and oxygen atoms in total. The number of ketones is 1. The highest BCUT2D eigenvalue weighted by atomic mass is 16.3. The number of aliphatic hydroxyl groups excluding tert-OH is 2. The van der Waals surface area contributed by atoms with E-state index in [1.54, 1.807) is 0 Å². The van der Waals surface area contributed by atoms with E-state index in [1.807, 2.05) is 13.0 Å². The first-order valence-corrected chi connectivity index (χ1v) is 7.11. The standard InChI is InChI=1S/C16H24O3/c1-10-8-12-5-4-11(2)16(3,14(19)6-7-17)15(12)13(18)9-10/h4-5,10,12-13,15,17-18H,2,6-9H2,1,3H3/t10-,12+,13+,15-,16-/m1/s1. The molecule has 0 aromatic rings. The number of rotatable bonds is 3. The molecular formula is C16H24O3. The zero-order valence-electron chi connectivity index (χ0n) is 11.8. The van der Waals surface area contributed by atoms with Crippen molar-refractivity contribution in [3.63, 3.8) is 0 Å². The van der Waals surface area contributed by atoms with Gasteiger partial charge in [-0.2, -0.15) is 0 Å². The lowest BCUT2D eigenvalue weighted by Gasteiger charge is -2.49. The molecule has 0 radical (unpaired) electrons. The smallest absolute Gasteiger partial charge is 0.145 e. The van der Waals surface area contributed by atoms with Crippen LogP contribution in [0.25, 0.3) is 0 Å². The van der Waals surface area contributed by atoms with Crippen molar-refractivity contribution in [1.82, 2.24) is 0 Å². The predicted octanol–water partition coefficient (Wildman–Crippen LogP) is 2.09. The molecule has 1 saturated carbocycles. The minimum atomic E-state index is -0.734. The Morgan fingerprint density at radius 1 is 1.53 bits per heavy atom. The summed E-state index contributed by atoms with van der Waals surface area (Å²) in [5.41, 5.74) is 0.0302. The number of hydrogen-bond acceptors (Lipinski definition) is 3. The van der Waals surface area contributed by atoms with Gasteiger partial charge in [-0.15, -0.1) is 0 Å². The van der Waals surface area contributed by atoms with Gasteiger partial charge in [0.15, 0.2) is 0 Å². The molecule has 0 amide bonds. The molecule has 0 unspecified atom stereocenters. The molecule has 3 heteroatoms. The molecule has 2 rings (SSSR count). The van der Waals surface area contributed by atoms with Crippen LogP contribution in [-0.4, -0.2) is 28.7 Å². The molecule has 5 atom stereocenters. The van der Waals surface area contributed by atoms with Crippen LogP contribution in [0.3, 0.4) is 0 Å². The molecule has 106 valence electrons. The fourth-order valence-electron chi connectivity index (χ4n) is 3.92. The topological polar surface area (TPSA) is 57.5 Å². The lowest BCUT2D eigenvalue weighted by molar-refractivity contribution is -0.136. The fraction of sp³-hybridized carbons (Fsp3) is 0.688. The summed E-state index contributed by atoms with van der Waals surface area (Å²) in [6.45, 7) is 7.90. The van der Waals surface area contributed by atoms with Crippen molar-refractivity contribution in [3.8, 4) is 0 Å². The summed E-state index contributed by atoms with van der Waals surface area (Å²) >= 11 is 0. The third kappa shape index (κ3) is 2.30. The Balaban J connectivity index is 2.38. The van der Waals surface area contributed by atoms with E-state index in [-0.39, 0.29) is 30.6 Å². The maximum atomic E-state index is 12.4. The maximum Gasteiger partial charge on any atom is 0.145 e. The molecule has 2 aliphatic carbocycles. The Morgan fingerprint density at radius 2 is 2.21 bits per heavy atom. The van der Waals surface area contributed by atoms with Crippen LogP contribution in [-0.2, 0) is 4.79 Å². The fourth-order valence-corrected chi connectivity index (χ4v) is 3.92. The van der Waals surface area contributed by atoms with Crippen molar-refractivity contribution >= 4 is 5.78 Å². The van der Waals surface area contributed by atoms with Gasteiger partial charge in [0, 0.05) is 18.9 Å². The lowest BCUT2D eigenvalue weighted by Crippen LogP contribution is -2.51. The molecule has 19 heavy (non-hydrogen) atoms. The van der Waals surface area contributed by atoms with E-state index in [0.29, 0.717) is 5.92 Å². The normalized spacial score (nSPS) is 42.0. The molecular weight excluding hydrogens is 240 g/mol. The second-order valence-electron chi connectivity index (χ2n) is 6.32. The number of allylic oxidation sites excluding steroid dienone is 3. The quantitative estimate of drug-likeness (QED) is 0.820. The average molecular weight is 264 g/mol. The molecule has 0 aromatic heterocycles. The van der Waals surface area contributed by atoms with Crippen LogP contribution in [0, 0.1) is 23.2 Å². The van der Waals surface area contributed by atoms with Crippen molar-refractivity contribution in [1.29, 1.82) is 0 Å². The summed E-state index contributed by atoms with van der Waals surface area (Å²) in [7, 11) is 0. The molecule has 0 saturated heterocycles. The Hall–Kier alpha value is -0.930. The van der Waals surface area contributed by atoms with Crippen molar-refractivity contribution in [3.05, 3.63) is 24.3 Å². The van der Waals surface area contributed by atoms with E-state index in [1.165, 1.54) is 0 Å². The highest BCUT2D eigenvalue weighted by Gasteiger charge is 2.52. The summed E-state index contributed by atoms with van der Waals surface area (Å²) in [5.74, 6) is 0.606. The molecule has 0 aliphatic heterocycles. The van der Waals surface area contributed by atoms with Crippen LogP contribution in [0.2, 0.25) is 0 Å². The Kier molecular flexibility index (Phi) is 3.98. The number of fused-ring (bicyclic) bond motifs is 1. The average Bonchev–Trinajstić information content (AvgIpc) is 2.33. The summed E-state index contributed by atoms with van der Waals surface area (Å²) in [6.07, 6.45) is 5.44. The van der Waals surface area contributed by atoms with Gasteiger partial charge in [-0.05, 0) is 37.2 Å². The molecule has 2 aliphatic rings. The zero-order valence-corrected chi connectivity index (χ0v) is 11.8. The third-order valence-corrected chi connectivity index (χ3v) is 4.99. The third-order valence-electron chi connectivity index (χ3n) is 4.99. The van der Waals surface area contributed by atoms with E-state index in [0.717, 1.165) is 18.4 Å². The first-order valence-electron chi connectivity index (χ1n) is 7.11. The van der Waals surface area contributed by atoms with Gasteiger partial charge in [-0.3, -0.25) is 4.79 Å². The van der Waals surface area contributed by atoms with Crippen molar-refractivity contribution < 1.29 is 15.0 Å². The van der Waals surface area contributed by atoms with Gasteiger partial charge in [-0.25, -0.2) is 0 Å². The van der Waals surface area contributed by atoms with Crippen LogP contribution in [0.15, 0.2) is 24.3 Å². The van der Waals surface area contributed by atoms with E-state index in [4.69, 9.17) is 5.11 Å². The van der Waals surface area contributed by atoms with Gasteiger partial charge in [-0.1, -0.05) is 25.7 Å². The molecule has 0 bridgehead atoms. The number of carbonyl (C=O) groups is 1. The summed E-state index contributed by atoms with van der Waals surface area (Å²) in [5, 5.41) is 19.5. The van der Waals surface area contributed by atoms with E-state index < -0.39 is 11.5 Å². The van der Waals surface area contributed by atoms with E-state index >= 15 is 0 Å². The molecule has 0 spiro atoms. The maximum absolute atomic E-state index is 12.4. The van der Waals surface area contributed by atoms with Crippen LogP contribution >= 0.6 is 0 Å². The highest BCUT2D eigenvalue weighted by molar-refractivity contribution is 5.89. The summed E-state index contributed by atoms with van der Waals surface area (Å²) in [4.78, 5) is 12.4. The lowest BCUT2D eigenvalue weighted by atomic mass is 9.54. The summed E-state index contributed by atoms with van der Waals surface area (Å²) in [6, 6.07) is 0. The predicted molar refractivity (Wildman–Crippen MR) is 74.5 cm³/mol. The first-order chi connectivity index (χ1) is 8.91. The SMILES string of the molecule is C=C1C=C[C@H]2C[C@@H](C)C[C@H](O)[C@@H]2[C@@]1(C)C(=O)CCO. The molecule has 2 N–H and O–H groups in total.